The van der Waals surface area contributed by atoms with E-state index < -0.39 is 5.91 Å². The number of amides is 2. The third-order valence-electron chi connectivity index (χ3n) is 3.73. The lowest BCUT2D eigenvalue weighted by molar-refractivity contribution is 0.0767. The lowest BCUT2D eigenvalue weighted by Crippen LogP contribution is -2.31. The molecule has 0 saturated carbocycles. The van der Waals surface area contributed by atoms with Crippen molar-refractivity contribution in [1.29, 1.82) is 0 Å². The van der Waals surface area contributed by atoms with E-state index in [4.69, 9.17) is 22.1 Å². The zero-order valence-corrected chi connectivity index (χ0v) is 13.0. The van der Waals surface area contributed by atoms with Crippen LogP contribution in [0, 0.1) is 0 Å². The second kappa shape index (κ2) is 6.34. The minimum absolute atomic E-state index is 0.0806. The fourth-order valence-electron chi connectivity index (χ4n) is 2.57. The summed E-state index contributed by atoms with van der Waals surface area (Å²) in [5.74, 6) is -0.0498. The third kappa shape index (κ3) is 3.48. The van der Waals surface area contributed by atoms with Crippen molar-refractivity contribution in [2.45, 2.75) is 12.5 Å². The van der Waals surface area contributed by atoms with E-state index in [1.165, 1.54) is 12.3 Å². The molecule has 1 aromatic carbocycles. The first-order valence-corrected chi connectivity index (χ1v) is 7.60. The Hall–Kier alpha value is -2.47. The summed E-state index contributed by atoms with van der Waals surface area (Å²) in [6, 6.07) is 8.65. The smallest absolute Gasteiger partial charge is 0.270 e. The van der Waals surface area contributed by atoms with E-state index in [9.17, 15) is 9.59 Å². The van der Waals surface area contributed by atoms with Crippen molar-refractivity contribution in [2.75, 3.05) is 13.1 Å². The Morgan fingerprint density at radius 1 is 1.35 bits per heavy atom. The van der Waals surface area contributed by atoms with Gasteiger partial charge in [0.1, 0.15) is 17.5 Å². The van der Waals surface area contributed by atoms with Crippen molar-refractivity contribution in [2.24, 2.45) is 5.73 Å². The minimum Gasteiger partial charge on any atom is -0.488 e. The van der Waals surface area contributed by atoms with Crippen LogP contribution in [0.2, 0.25) is 5.02 Å². The predicted molar refractivity (Wildman–Crippen MR) is 85.7 cm³/mol. The number of aromatic amines is 1. The molecule has 2 heterocycles. The molecule has 3 rings (SSSR count). The number of benzene rings is 1. The van der Waals surface area contributed by atoms with Crippen molar-refractivity contribution in [3.05, 3.63) is 52.8 Å². The maximum absolute atomic E-state index is 12.4. The second-order valence-corrected chi connectivity index (χ2v) is 5.84. The van der Waals surface area contributed by atoms with Crippen molar-refractivity contribution in [3.63, 3.8) is 0 Å². The normalized spacial score (nSPS) is 17.3. The molecule has 1 atom stereocenters. The highest BCUT2D eigenvalue weighted by atomic mass is 35.5. The molecule has 1 fully saturated rings. The van der Waals surface area contributed by atoms with E-state index in [1.807, 2.05) is 12.1 Å². The van der Waals surface area contributed by atoms with Crippen molar-refractivity contribution < 1.29 is 14.3 Å². The Morgan fingerprint density at radius 3 is 2.87 bits per heavy atom. The first-order valence-electron chi connectivity index (χ1n) is 7.22. The summed E-state index contributed by atoms with van der Waals surface area (Å²) >= 11 is 5.93. The molecule has 0 spiro atoms. The molecule has 1 aromatic heterocycles. The topological polar surface area (TPSA) is 88.4 Å². The molecule has 3 N–H and O–H groups in total. The van der Waals surface area contributed by atoms with Crippen LogP contribution < -0.4 is 10.5 Å². The van der Waals surface area contributed by atoms with Gasteiger partial charge in [0.15, 0.2) is 0 Å². The highest BCUT2D eigenvalue weighted by Gasteiger charge is 2.29. The average Bonchev–Trinajstić information content (AvgIpc) is 3.15. The Balaban J connectivity index is 1.62. The Kier molecular flexibility index (Phi) is 4.25. The lowest BCUT2D eigenvalue weighted by atomic mass is 10.3. The van der Waals surface area contributed by atoms with Crippen LogP contribution in [0.15, 0.2) is 36.5 Å². The Morgan fingerprint density at radius 2 is 2.17 bits per heavy atom. The van der Waals surface area contributed by atoms with Gasteiger partial charge in [-0.1, -0.05) is 17.7 Å². The van der Waals surface area contributed by atoms with E-state index in [2.05, 4.69) is 4.98 Å². The number of primary amides is 1. The van der Waals surface area contributed by atoms with Gasteiger partial charge in [0, 0.05) is 24.2 Å². The van der Waals surface area contributed by atoms with Gasteiger partial charge in [0.2, 0.25) is 5.91 Å². The number of likely N-dealkylation sites (tertiary alicyclic amines) is 1. The minimum atomic E-state index is -0.566. The van der Waals surface area contributed by atoms with E-state index in [0.29, 0.717) is 35.1 Å². The number of hydrogen-bond acceptors (Lipinski definition) is 3. The molecule has 120 valence electrons. The van der Waals surface area contributed by atoms with E-state index in [0.717, 1.165) is 6.42 Å². The number of carbonyl (C=O) groups is 2. The van der Waals surface area contributed by atoms with Crippen LogP contribution >= 0.6 is 11.6 Å². The number of H-pyrrole nitrogens is 1. The fourth-order valence-corrected chi connectivity index (χ4v) is 2.75. The largest absolute Gasteiger partial charge is 0.488 e. The summed E-state index contributed by atoms with van der Waals surface area (Å²) in [4.78, 5) is 28.0. The number of carbonyl (C=O) groups excluding carboxylic acids is 2. The van der Waals surface area contributed by atoms with Crippen LogP contribution in [0.3, 0.4) is 0 Å². The van der Waals surface area contributed by atoms with Gasteiger partial charge in [-0.25, -0.2) is 0 Å². The molecule has 1 aliphatic rings. The van der Waals surface area contributed by atoms with Crippen LogP contribution in [0.5, 0.6) is 5.75 Å². The molecule has 2 aromatic rings. The van der Waals surface area contributed by atoms with E-state index >= 15 is 0 Å². The molecule has 0 aliphatic carbocycles. The molecule has 6 nitrogen and oxygen atoms in total. The summed E-state index contributed by atoms with van der Waals surface area (Å²) in [5, 5.41) is 0.610. The second-order valence-electron chi connectivity index (χ2n) is 5.40. The van der Waals surface area contributed by atoms with Gasteiger partial charge in [-0.15, -0.1) is 0 Å². The maximum atomic E-state index is 12.4. The van der Waals surface area contributed by atoms with Crippen LogP contribution in [-0.4, -0.2) is 40.9 Å². The number of aromatic nitrogens is 1. The molecular formula is C16H16ClN3O3. The summed E-state index contributed by atoms with van der Waals surface area (Å²) < 4.78 is 5.85. The number of rotatable bonds is 4. The summed E-state index contributed by atoms with van der Waals surface area (Å²) in [5.41, 5.74) is 5.83. The van der Waals surface area contributed by atoms with Gasteiger partial charge < -0.3 is 20.4 Å². The Labute approximate surface area is 138 Å². The molecule has 7 heteroatoms. The van der Waals surface area contributed by atoms with Gasteiger partial charge in [0.25, 0.3) is 5.91 Å². The third-order valence-corrected chi connectivity index (χ3v) is 3.96. The SMILES string of the molecule is NC(=O)c1c[nH]c(C(=O)N2CCC(Oc3cccc(Cl)c3)C2)c1. The van der Waals surface area contributed by atoms with Gasteiger partial charge >= 0.3 is 0 Å². The van der Waals surface area contributed by atoms with Crippen LogP contribution in [-0.2, 0) is 0 Å². The van der Waals surface area contributed by atoms with Crippen LogP contribution in [0.4, 0.5) is 0 Å². The average molecular weight is 334 g/mol. The molecule has 1 saturated heterocycles. The van der Waals surface area contributed by atoms with E-state index in [1.54, 1.807) is 17.0 Å². The quantitative estimate of drug-likeness (QED) is 0.897. The van der Waals surface area contributed by atoms with Gasteiger partial charge in [-0.3, -0.25) is 9.59 Å². The molecular weight excluding hydrogens is 318 g/mol. The standard InChI is InChI=1S/C16H16ClN3O3/c17-11-2-1-3-12(7-11)23-13-4-5-20(9-13)16(22)14-6-10(8-19-14)15(18)21/h1-3,6-8,13,19H,4-5,9H2,(H2,18,21). The number of nitrogens with zero attached hydrogens (tertiary/aromatic N) is 1. The molecule has 1 aliphatic heterocycles. The summed E-state index contributed by atoms with van der Waals surface area (Å²) in [7, 11) is 0. The van der Waals surface area contributed by atoms with Crippen LogP contribution in [0.25, 0.3) is 0 Å². The highest BCUT2D eigenvalue weighted by molar-refractivity contribution is 6.30. The van der Waals surface area contributed by atoms with Crippen molar-refractivity contribution >= 4 is 23.4 Å². The number of hydrogen-bond donors (Lipinski definition) is 2. The fraction of sp³-hybridized carbons (Fsp3) is 0.250. The van der Waals surface area contributed by atoms with Crippen molar-refractivity contribution in [1.82, 2.24) is 9.88 Å². The zero-order valence-electron chi connectivity index (χ0n) is 12.3. The number of nitrogens with two attached hydrogens (primary N) is 1. The van der Waals surface area contributed by atoms with E-state index in [-0.39, 0.29) is 12.0 Å². The predicted octanol–water partition coefficient (Wildman–Crippen LogP) is 2.06. The first kappa shape index (κ1) is 15.4. The molecule has 0 bridgehead atoms. The van der Waals surface area contributed by atoms with Gasteiger partial charge in [-0.05, 0) is 24.3 Å². The highest BCUT2D eigenvalue weighted by Crippen LogP contribution is 2.22. The molecule has 23 heavy (non-hydrogen) atoms. The zero-order chi connectivity index (χ0) is 16.4. The van der Waals surface area contributed by atoms with Gasteiger partial charge in [-0.2, -0.15) is 0 Å². The summed E-state index contributed by atoms with van der Waals surface area (Å²) in [6.45, 7) is 1.07. The number of halogens is 1. The van der Waals surface area contributed by atoms with Crippen molar-refractivity contribution in [3.8, 4) is 5.75 Å². The van der Waals surface area contributed by atoms with Crippen LogP contribution in [0.1, 0.15) is 27.3 Å². The summed E-state index contributed by atoms with van der Waals surface area (Å²) in [6.07, 6.45) is 2.09. The first-order chi connectivity index (χ1) is 11.0. The number of ether oxygens (including phenoxy) is 1. The van der Waals surface area contributed by atoms with Gasteiger partial charge in [0.05, 0.1) is 12.1 Å². The molecule has 0 radical (unpaired) electrons. The molecule has 1 unspecified atom stereocenters. The lowest BCUT2D eigenvalue weighted by Gasteiger charge is -2.16. The monoisotopic (exact) mass is 333 g/mol. The maximum Gasteiger partial charge on any atom is 0.270 e. The molecule has 2 amide bonds. The Bertz CT molecular complexity index is 744. The number of nitrogens with one attached hydrogen (secondary N) is 1.